The highest BCUT2D eigenvalue weighted by molar-refractivity contribution is 5.90. The Kier molecular flexibility index (Phi) is 6.22. The second kappa shape index (κ2) is 8.99. The van der Waals surface area contributed by atoms with Crippen LogP contribution in [0, 0.1) is 0 Å². The van der Waals surface area contributed by atoms with Gasteiger partial charge in [0.25, 0.3) is 0 Å². The third kappa shape index (κ3) is 4.46. The minimum atomic E-state index is -0.375. The summed E-state index contributed by atoms with van der Waals surface area (Å²) in [5, 5.41) is 3.29. The lowest BCUT2D eigenvalue weighted by atomic mass is 10.2. The number of ether oxygens (including phenoxy) is 1. The zero-order chi connectivity index (χ0) is 19.9. The number of nitrogens with zero attached hydrogens (tertiary/aromatic N) is 3. The fraction of sp³-hybridized carbons (Fsp3) is 0.227. The van der Waals surface area contributed by atoms with Gasteiger partial charge in [0.1, 0.15) is 11.6 Å². The molecule has 0 radical (unpaired) electrons. The van der Waals surface area contributed by atoms with E-state index in [0.29, 0.717) is 17.2 Å². The van der Waals surface area contributed by atoms with Gasteiger partial charge in [-0.15, -0.1) is 0 Å². The van der Waals surface area contributed by atoms with Crippen LogP contribution in [0.2, 0.25) is 0 Å². The van der Waals surface area contributed by atoms with Gasteiger partial charge in [0, 0.05) is 30.4 Å². The van der Waals surface area contributed by atoms with Crippen molar-refractivity contribution in [2.24, 2.45) is 0 Å². The van der Waals surface area contributed by atoms with Crippen molar-refractivity contribution >= 4 is 23.3 Å². The zero-order valence-electron chi connectivity index (χ0n) is 16.3. The SMILES string of the molecule is CCN(CC)c1cc(Nc2cccc(C(=O)OC)c2)nc(-c2ccccc2)n1. The van der Waals surface area contributed by atoms with Crippen molar-refractivity contribution in [2.75, 3.05) is 30.4 Å². The maximum atomic E-state index is 11.8. The van der Waals surface area contributed by atoms with Gasteiger partial charge in [0.15, 0.2) is 5.82 Å². The fourth-order valence-corrected chi connectivity index (χ4v) is 2.91. The largest absolute Gasteiger partial charge is 0.465 e. The number of methoxy groups -OCH3 is 1. The van der Waals surface area contributed by atoms with Gasteiger partial charge in [0.05, 0.1) is 12.7 Å². The Labute approximate surface area is 165 Å². The van der Waals surface area contributed by atoms with E-state index in [1.807, 2.05) is 42.5 Å². The number of hydrogen-bond acceptors (Lipinski definition) is 6. The molecule has 0 bridgehead atoms. The molecule has 0 saturated heterocycles. The van der Waals surface area contributed by atoms with E-state index in [1.54, 1.807) is 18.2 Å². The van der Waals surface area contributed by atoms with Crippen LogP contribution in [0.5, 0.6) is 0 Å². The highest BCUT2D eigenvalue weighted by atomic mass is 16.5. The molecule has 0 aliphatic rings. The number of carbonyl (C=O) groups excluding carboxylic acids is 1. The Morgan fingerprint density at radius 1 is 1.00 bits per heavy atom. The molecule has 0 unspecified atom stereocenters. The zero-order valence-corrected chi connectivity index (χ0v) is 16.3. The van der Waals surface area contributed by atoms with E-state index in [-0.39, 0.29) is 5.97 Å². The number of esters is 1. The predicted molar refractivity (Wildman–Crippen MR) is 112 cm³/mol. The molecule has 6 heteroatoms. The molecule has 0 saturated carbocycles. The van der Waals surface area contributed by atoms with Crippen molar-refractivity contribution in [3.05, 3.63) is 66.2 Å². The summed E-state index contributed by atoms with van der Waals surface area (Å²) in [5.41, 5.74) is 2.18. The van der Waals surface area contributed by atoms with Crippen LogP contribution in [-0.2, 0) is 4.74 Å². The Morgan fingerprint density at radius 3 is 2.43 bits per heavy atom. The highest BCUT2D eigenvalue weighted by Crippen LogP contribution is 2.25. The number of carbonyl (C=O) groups is 1. The Bertz CT molecular complexity index is 940. The van der Waals surface area contributed by atoms with Crippen molar-refractivity contribution in [1.29, 1.82) is 0 Å². The summed E-state index contributed by atoms with van der Waals surface area (Å²) in [7, 11) is 1.37. The first-order valence-corrected chi connectivity index (χ1v) is 9.29. The summed E-state index contributed by atoms with van der Waals surface area (Å²) >= 11 is 0. The standard InChI is InChI=1S/C22H24N4O2/c1-4-26(5-2)20-15-19(24-21(25-20)16-10-7-6-8-11-16)23-18-13-9-12-17(14-18)22(27)28-3/h6-15H,4-5H2,1-3H3,(H,23,24,25). The molecule has 6 nitrogen and oxygen atoms in total. The number of anilines is 3. The van der Waals surface area contributed by atoms with Crippen LogP contribution in [-0.4, -0.2) is 36.1 Å². The third-order valence-corrected chi connectivity index (χ3v) is 4.39. The smallest absolute Gasteiger partial charge is 0.337 e. The van der Waals surface area contributed by atoms with Gasteiger partial charge < -0.3 is 15.0 Å². The van der Waals surface area contributed by atoms with Crippen molar-refractivity contribution in [2.45, 2.75) is 13.8 Å². The van der Waals surface area contributed by atoms with Crippen LogP contribution >= 0.6 is 0 Å². The van der Waals surface area contributed by atoms with E-state index in [0.717, 1.165) is 30.2 Å². The molecule has 1 aromatic heterocycles. The van der Waals surface area contributed by atoms with E-state index in [9.17, 15) is 4.79 Å². The number of aromatic nitrogens is 2. The Balaban J connectivity index is 2.00. The normalized spacial score (nSPS) is 10.4. The lowest BCUT2D eigenvalue weighted by Crippen LogP contribution is -2.23. The second-order valence-electron chi connectivity index (χ2n) is 6.17. The van der Waals surface area contributed by atoms with E-state index in [4.69, 9.17) is 9.72 Å². The van der Waals surface area contributed by atoms with E-state index >= 15 is 0 Å². The van der Waals surface area contributed by atoms with Gasteiger partial charge in [-0.2, -0.15) is 0 Å². The molecule has 1 N–H and O–H groups in total. The van der Waals surface area contributed by atoms with Gasteiger partial charge >= 0.3 is 5.97 Å². The maximum absolute atomic E-state index is 11.8. The number of nitrogens with one attached hydrogen (secondary N) is 1. The first-order chi connectivity index (χ1) is 13.6. The second-order valence-corrected chi connectivity index (χ2v) is 6.17. The monoisotopic (exact) mass is 376 g/mol. The maximum Gasteiger partial charge on any atom is 0.337 e. The lowest BCUT2D eigenvalue weighted by Gasteiger charge is -2.21. The van der Waals surface area contributed by atoms with Gasteiger partial charge in [-0.25, -0.2) is 14.8 Å². The topological polar surface area (TPSA) is 67.4 Å². The molecule has 2 aromatic carbocycles. The molecule has 0 aliphatic heterocycles. The Hall–Kier alpha value is -3.41. The molecular formula is C22H24N4O2. The summed E-state index contributed by atoms with van der Waals surface area (Å²) in [6.45, 7) is 5.89. The van der Waals surface area contributed by atoms with Crippen LogP contribution in [0.25, 0.3) is 11.4 Å². The summed E-state index contributed by atoms with van der Waals surface area (Å²) in [6.07, 6.45) is 0. The van der Waals surface area contributed by atoms with Crippen molar-refractivity contribution in [1.82, 2.24) is 9.97 Å². The molecule has 0 aliphatic carbocycles. The van der Waals surface area contributed by atoms with E-state index in [2.05, 4.69) is 29.0 Å². The highest BCUT2D eigenvalue weighted by Gasteiger charge is 2.12. The Morgan fingerprint density at radius 2 is 1.75 bits per heavy atom. The van der Waals surface area contributed by atoms with Crippen molar-refractivity contribution < 1.29 is 9.53 Å². The predicted octanol–water partition coefficient (Wildman–Crippen LogP) is 4.52. The molecule has 0 atom stereocenters. The molecule has 0 fully saturated rings. The summed E-state index contributed by atoms with van der Waals surface area (Å²) in [5.74, 6) is 1.79. The average molecular weight is 376 g/mol. The minimum Gasteiger partial charge on any atom is -0.465 e. The quantitative estimate of drug-likeness (QED) is 0.612. The van der Waals surface area contributed by atoms with Crippen molar-refractivity contribution in [3.8, 4) is 11.4 Å². The number of hydrogen-bond donors (Lipinski definition) is 1. The summed E-state index contributed by atoms with van der Waals surface area (Å²) in [4.78, 5) is 23.4. The third-order valence-electron chi connectivity index (χ3n) is 4.39. The molecule has 28 heavy (non-hydrogen) atoms. The first-order valence-electron chi connectivity index (χ1n) is 9.29. The van der Waals surface area contributed by atoms with Gasteiger partial charge in [-0.1, -0.05) is 36.4 Å². The average Bonchev–Trinajstić information content (AvgIpc) is 2.75. The van der Waals surface area contributed by atoms with E-state index < -0.39 is 0 Å². The summed E-state index contributed by atoms with van der Waals surface area (Å²) in [6, 6.07) is 18.9. The first kappa shape index (κ1) is 19.4. The lowest BCUT2D eigenvalue weighted by molar-refractivity contribution is 0.0601. The molecule has 144 valence electrons. The van der Waals surface area contributed by atoms with Crippen LogP contribution in [0.1, 0.15) is 24.2 Å². The molecule has 0 amide bonds. The van der Waals surface area contributed by atoms with Gasteiger partial charge in [-0.05, 0) is 32.0 Å². The molecule has 3 aromatic rings. The van der Waals surface area contributed by atoms with Crippen LogP contribution in [0.3, 0.4) is 0 Å². The fourth-order valence-electron chi connectivity index (χ4n) is 2.91. The summed E-state index contributed by atoms with van der Waals surface area (Å²) < 4.78 is 4.80. The van der Waals surface area contributed by atoms with Gasteiger partial charge in [0.2, 0.25) is 0 Å². The molecule has 3 rings (SSSR count). The minimum absolute atomic E-state index is 0.375. The van der Waals surface area contributed by atoms with E-state index in [1.165, 1.54) is 7.11 Å². The molecular weight excluding hydrogens is 352 g/mol. The van der Waals surface area contributed by atoms with Crippen molar-refractivity contribution in [3.63, 3.8) is 0 Å². The number of rotatable bonds is 7. The van der Waals surface area contributed by atoms with Crippen LogP contribution in [0.15, 0.2) is 60.7 Å². The number of benzene rings is 2. The van der Waals surface area contributed by atoms with Gasteiger partial charge in [-0.3, -0.25) is 0 Å². The van der Waals surface area contributed by atoms with Crippen LogP contribution in [0.4, 0.5) is 17.3 Å². The molecule has 1 heterocycles. The van der Waals surface area contributed by atoms with Crippen LogP contribution < -0.4 is 10.2 Å². The molecule has 0 spiro atoms.